The molecule has 4 heterocycles. The van der Waals surface area contributed by atoms with Crippen molar-refractivity contribution in [3.63, 3.8) is 0 Å². The van der Waals surface area contributed by atoms with E-state index in [1.807, 2.05) is 0 Å². The largest absolute Gasteiger partial charge is 0.416 e. The highest BCUT2D eigenvalue weighted by Gasteiger charge is 2.35. The van der Waals surface area contributed by atoms with Gasteiger partial charge in [0.15, 0.2) is 5.65 Å². The topological polar surface area (TPSA) is 34.0 Å². The molecule has 8 heteroatoms. The Morgan fingerprint density at radius 2 is 1.87 bits per heavy atom. The molecule has 164 valence electrons. The third kappa shape index (κ3) is 3.71. The van der Waals surface area contributed by atoms with E-state index in [1.165, 1.54) is 36.0 Å². The number of aromatic nitrogens is 3. The van der Waals surface area contributed by atoms with Gasteiger partial charge in [-0.05, 0) is 43.5 Å². The van der Waals surface area contributed by atoms with Gasteiger partial charge in [-0.15, -0.1) is 0 Å². The summed E-state index contributed by atoms with van der Waals surface area (Å²) in [6.45, 7) is 2.00. The van der Waals surface area contributed by atoms with Crippen molar-refractivity contribution in [1.82, 2.24) is 19.4 Å². The van der Waals surface area contributed by atoms with E-state index >= 15 is 0 Å². The Morgan fingerprint density at radius 3 is 2.61 bits per heavy atom. The lowest BCUT2D eigenvalue weighted by atomic mass is 9.90. The standard InChI is InChI=1S/C23H24F4N4/c24-13-17-14-28-22-21(29-17)20-18-3-1-2-10-30(18)11-9-19(20)31(22)12-8-15-4-6-16(7-5-15)23(25,26)27/h4-7,14,18H,1-3,8-13H2. The van der Waals surface area contributed by atoms with Gasteiger partial charge in [0.1, 0.15) is 12.2 Å². The number of hydrogen-bond donors (Lipinski definition) is 0. The molecule has 3 aromatic rings. The zero-order valence-electron chi connectivity index (χ0n) is 17.1. The number of hydrogen-bond acceptors (Lipinski definition) is 3. The molecule has 0 radical (unpaired) electrons. The number of nitrogens with zero attached hydrogens (tertiary/aromatic N) is 4. The molecular formula is C23H24F4N4. The maximum absolute atomic E-state index is 13.3. The highest BCUT2D eigenvalue weighted by atomic mass is 19.4. The number of rotatable bonds is 4. The molecule has 0 spiro atoms. The molecule has 0 saturated carbocycles. The van der Waals surface area contributed by atoms with Crippen LogP contribution in [0.15, 0.2) is 30.5 Å². The van der Waals surface area contributed by atoms with E-state index in [0.717, 1.165) is 61.2 Å². The summed E-state index contributed by atoms with van der Waals surface area (Å²) in [5, 5.41) is 0. The zero-order valence-corrected chi connectivity index (χ0v) is 17.1. The second-order valence-corrected chi connectivity index (χ2v) is 8.42. The number of alkyl halides is 4. The van der Waals surface area contributed by atoms with Crippen LogP contribution >= 0.6 is 0 Å². The SMILES string of the molecule is FCc1cnc2c(n1)c1c(n2CCc2ccc(C(F)(F)F)cc2)CCN2CCCCC12. The molecule has 2 aromatic heterocycles. The van der Waals surface area contributed by atoms with Gasteiger partial charge < -0.3 is 4.57 Å². The molecule has 1 saturated heterocycles. The normalized spacial score (nSPS) is 19.4. The molecule has 0 aliphatic carbocycles. The Labute approximate surface area is 177 Å². The van der Waals surface area contributed by atoms with E-state index in [1.54, 1.807) is 0 Å². The highest BCUT2D eigenvalue weighted by molar-refractivity contribution is 5.79. The Bertz CT molecular complexity index is 1090. The Morgan fingerprint density at radius 1 is 1.06 bits per heavy atom. The van der Waals surface area contributed by atoms with Crippen LogP contribution in [0.25, 0.3) is 11.2 Å². The van der Waals surface area contributed by atoms with Crippen molar-refractivity contribution in [2.45, 2.75) is 57.5 Å². The van der Waals surface area contributed by atoms with Crippen LogP contribution in [-0.2, 0) is 32.2 Å². The smallest absolute Gasteiger partial charge is 0.328 e. The van der Waals surface area contributed by atoms with Crippen LogP contribution in [0.5, 0.6) is 0 Å². The Kier molecular flexibility index (Phi) is 5.20. The van der Waals surface area contributed by atoms with Gasteiger partial charge in [0.05, 0.1) is 17.5 Å². The van der Waals surface area contributed by atoms with Crippen LogP contribution in [0.4, 0.5) is 17.6 Å². The lowest BCUT2D eigenvalue weighted by molar-refractivity contribution is -0.137. The molecule has 2 aliphatic heterocycles. The second kappa shape index (κ2) is 7.89. The summed E-state index contributed by atoms with van der Waals surface area (Å²) in [5.74, 6) is 0. The van der Waals surface area contributed by atoms with Gasteiger partial charge >= 0.3 is 6.18 Å². The first-order chi connectivity index (χ1) is 15.0. The molecular weight excluding hydrogens is 408 g/mol. The van der Waals surface area contributed by atoms with Crippen LogP contribution in [0, 0.1) is 0 Å². The summed E-state index contributed by atoms with van der Waals surface area (Å²) < 4.78 is 54.0. The fraction of sp³-hybridized carbons (Fsp3) is 0.478. The van der Waals surface area contributed by atoms with Crippen molar-refractivity contribution < 1.29 is 17.6 Å². The number of aryl methyl sites for hydroxylation is 2. The van der Waals surface area contributed by atoms with Crippen LogP contribution < -0.4 is 0 Å². The van der Waals surface area contributed by atoms with Gasteiger partial charge in [0, 0.05) is 36.8 Å². The van der Waals surface area contributed by atoms with Crippen molar-refractivity contribution in [3.05, 3.63) is 58.5 Å². The molecule has 0 amide bonds. The first-order valence-electron chi connectivity index (χ1n) is 10.8. The molecule has 1 unspecified atom stereocenters. The van der Waals surface area contributed by atoms with E-state index in [4.69, 9.17) is 0 Å². The molecule has 1 atom stereocenters. The number of fused-ring (bicyclic) bond motifs is 5. The quantitative estimate of drug-likeness (QED) is 0.529. The van der Waals surface area contributed by atoms with Crippen molar-refractivity contribution in [2.24, 2.45) is 0 Å². The molecule has 5 rings (SSSR count). The van der Waals surface area contributed by atoms with E-state index < -0.39 is 18.4 Å². The summed E-state index contributed by atoms with van der Waals surface area (Å²) in [6, 6.07) is 5.63. The van der Waals surface area contributed by atoms with E-state index in [0.29, 0.717) is 18.7 Å². The van der Waals surface area contributed by atoms with Crippen LogP contribution in [0.2, 0.25) is 0 Å². The number of piperidine rings is 1. The van der Waals surface area contributed by atoms with Gasteiger partial charge in [0.2, 0.25) is 0 Å². The number of benzene rings is 1. The van der Waals surface area contributed by atoms with Crippen molar-refractivity contribution in [3.8, 4) is 0 Å². The van der Waals surface area contributed by atoms with Gasteiger partial charge in [0.25, 0.3) is 0 Å². The molecule has 2 aliphatic rings. The molecule has 0 N–H and O–H groups in total. The fourth-order valence-electron chi connectivity index (χ4n) is 5.07. The predicted octanol–water partition coefficient (Wildman–Crippen LogP) is 5.25. The summed E-state index contributed by atoms with van der Waals surface area (Å²) in [5.41, 5.74) is 4.45. The van der Waals surface area contributed by atoms with Gasteiger partial charge in [-0.25, -0.2) is 14.4 Å². The summed E-state index contributed by atoms with van der Waals surface area (Å²) in [6.07, 6.45) is 2.05. The van der Waals surface area contributed by atoms with Crippen LogP contribution in [0.1, 0.15) is 53.4 Å². The molecule has 1 fully saturated rings. The first kappa shape index (κ1) is 20.4. The van der Waals surface area contributed by atoms with Crippen LogP contribution in [-0.4, -0.2) is 32.5 Å². The van der Waals surface area contributed by atoms with Crippen molar-refractivity contribution >= 4 is 11.2 Å². The fourth-order valence-corrected chi connectivity index (χ4v) is 5.07. The lowest BCUT2D eigenvalue weighted by Gasteiger charge is -2.39. The van der Waals surface area contributed by atoms with Crippen molar-refractivity contribution in [1.29, 1.82) is 0 Å². The predicted molar refractivity (Wildman–Crippen MR) is 109 cm³/mol. The average molecular weight is 432 g/mol. The summed E-state index contributed by atoms with van der Waals surface area (Å²) in [7, 11) is 0. The van der Waals surface area contributed by atoms with Gasteiger partial charge in [-0.3, -0.25) is 4.90 Å². The third-order valence-electron chi connectivity index (χ3n) is 6.58. The summed E-state index contributed by atoms with van der Waals surface area (Å²) in [4.78, 5) is 11.6. The lowest BCUT2D eigenvalue weighted by Crippen LogP contribution is -2.39. The monoisotopic (exact) mass is 432 g/mol. The van der Waals surface area contributed by atoms with E-state index in [9.17, 15) is 17.6 Å². The molecule has 31 heavy (non-hydrogen) atoms. The highest BCUT2D eigenvalue weighted by Crippen LogP contribution is 2.41. The summed E-state index contributed by atoms with van der Waals surface area (Å²) >= 11 is 0. The number of halogens is 4. The first-order valence-corrected chi connectivity index (χ1v) is 10.8. The minimum absolute atomic E-state index is 0.288. The van der Waals surface area contributed by atoms with Gasteiger partial charge in [-0.1, -0.05) is 18.6 Å². The average Bonchev–Trinajstić information content (AvgIpc) is 3.10. The van der Waals surface area contributed by atoms with Gasteiger partial charge in [-0.2, -0.15) is 13.2 Å². The Hall–Kier alpha value is -2.48. The van der Waals surface area contributed by atoms with Crippen LogP contribution in [0.3, 0.4) is 0 Å². The van der Waals surface area contributed by atoms with E-state index in [-0.39, 0.29) is 6.04 Å². The zero-order chi connectivity index (χ0) is 21.6. The molecule has 0 bridgehead atoms. The molecule has 4 nitrogen and oxygen atoms in total. The minimum Gasteiger partial charge on any atom is -0.328 e. The second-order valence-electron chi connectivity index (χ2n) is 8.42. The molecule has 1 aromatic carbocycles. The van der Waals surface area contributed by atoms with Crippen molar-refractivity contribution in [2.75, 3.05) is 13.1 Å². The third-order valence-corrected chi connectivity index (χ3v) is 6.58. The Balaban J connectivity index is 1.50. The maximum atomic E-state index is 13.3. The van der Waals surface area contributed by atoms with E-state index in [2.05, 4.69) is 19.4 Å². The minimum atomic E-state index is -4.33. The maximum Gasteiger partial charge on any atom is 0.416 e.